The molecule has 0 aliphatic rings. The fourth-order valence-corrected chi connectivity index (χ4v) is 2.10. The highest BCUT2D eigenvalue weighted by Crippen LogP contribution is 2.26. The van der Waals surface area contributed by atoms with Gasteiger partial charge in [-0.3, -0.25) is 15.0 Å². The number of hydrogen-bond donors (Lipinski definition) is 2. The van der Waals surface area contributed by atoms with Crippen molar-refractivity contribution in [3.05, 3.63) is 58.5 Å². The third kappa shape index (κ3) is 2.45. The van der Waals surface area contributed by atoms with Crippen LogP contribution in [-0.2, 0) is 7.05 Å². The summed E-state index contributed by atoms with van der Waals surface area (Å²) in [6.07, 6.45) is 1.87. The van der Waals surface area contributed by atoms with Gasteiger partial charge in [-0.15, -0.1) is 5.11 Å². The first kappa shape index (κ1) is 13.6. The van der Waals surface area contributed by atoms with E-state index in [-0.39, 0.29) is 11.2 Å². The summed E-state index contributed by atoms with van der Waals surface area (Å²) < 4.78 is 1.87. The Morgan fingerprint density at radius 3 is 2.77 bits per heavy atom. The van der Waals surface area contributed by atoms with E-state index in [9.17, 15) is 4.79 Å². The molecule has 0 fully saturated rings. The molecule has 0 bridgehead atoms. The van der Waals surface area contributed by atoms with Crippen LogP contribution in [0.5, 0.6) is 0 Å². The molecule has 0 amide bonds. The number of aryl methyl sites for hydroxylation is 1. The van der Waals surface area contributed by atoms with Crippen LogP contribution >= 0.6 is 0 Å². The molecule has 0 saturated heterocycles. The highest BCUT2D eigenvalue weighted by atomic mass is 16.1. The van der Waals surface area contributed by atoms with Crippen LogP contribution in [0.25, 0.3) is 11.4 Å². The normalized spacial score (nSPS) is 10.9. The lowest BCUT2D eigenvalue weighted by Gasteiger charge is -2.00. The van der Waals surface area contributed by atoms with Crippen molar-refractivity contribution in [3.8, 4) is 17.5 Å². The number of aromatic nitrogens is 3. The van der Waals surface area contributed by atoms with E-state index >= 15 is 0 Å². The van der Waals surface area contributed by atoms with Gasteiger partial charge in [-0.1, -0.05) is 6.07 Å². The molecule has 22 heavy (non-hydrogen) atoms. The van der Waals surface area contributed by atoms with Crippen LogP contribution in [-0.4, -0.2) is 14.8 Å². The van der Waals surface area contributed by atoms with Crippen LogP contribution in [0.15, 0.2) is 57.6 Å². The van der Waals surface area contributed by atoms with Crippen LogP contribution in [0.4, 0.5) is 11.4 Å². The summed E-state index contributed by atoms with van der Waals surface area (Å²) in [5, 5.41) is 22.3. The molecular formula is C15H12N6O. The molecule has 0 saturated carbocycles. The van der Waals surface area contributed by atoms with Gasteiger partial charge in [0.05, 0.1) is 23.0 Å². The van der Waals surface area contributed by atoms with Crippen LogP contribution in [0.2, 0.25) is 0 Å². The van der Waals surface area contributed by atoms with E-state index in [0.717, 1.165) is 5.69 Å². The first-order valence-electron chi connectivity index (χ1n) is 6.53. The van der Waals surface area contributed by atoms with Gasteiger partial charge in [0.15, 0.2) is 5.69 Å². The SMILES string of the molecule is Cn1cccc1-c1[nH][nH]c(=O)c1N=Nc1cccc(C#N)c1. The number of aromatic amines is 2. The highest BCUT2D eigenvalue weighted by molar-refractivity contribution is 5.68. The van der Waals surface area contributed by atoms with E-state index in [1.807, 2.05) is 36.0 Å². The zero-order valence-electron chi connectivity index (χ0n) is 11.7. The maximum absolute atomic E-state index is 11.9. The Morgan fingerprint density at radius 1 is 1.18 bits per heavy atom. The van der Waals surface area contributed by atoms with E-state index in [4.69, 9.17) is 5.26 Å². The standard InChI is InChI=1S/C15H12N6O/c1-21-7-3-6-12(21)13-14(15(22)20-18-13)19-17-11-5-2-4-10(8-11)9-16/h2-8H,1H3,(H2,18,20,22). The molecule has 1 aromatic carbocycles. The second-order valence-corrected chi connectivity index (χ2v) is 4.67. The molecule has 0 spiro atoms. The third-order valence-electron chi connectivity index (χ3n) is 3.19. The number of nitrogens with zero attached hydrogens (tertiary/aromatic N) is 4. The second kappa shape index (κ2) is 5.54. The summed E-state index contributed by atoms with van der Waals surface area (Å²) >= 11 is 0. The number of azo groups is 1. The highest BCUT2D eigenvalue weighted by Gasteiger charge is 2.13. The third-order valence-corrected chi connectivity index (χ3v) is 3.19. The van der Waals surface area contributed by atoms with Crippen molar-refractivity contribution in [2.45, 2.75) is 0 Å². The van der Waals surface area contributed by atoms with E-state index in [2.05, 4.69) is 20.4 Å². The Labute approximate surface area is 125 Å². The summed E-state index contributed by atoms with van der Waals surface area (Å²) in [5.74, 6) is 0. The minimum Gasteiger partial charge on any atom is -0.349 e. The van der Waals surface area contributed by atoms with Crippen LogP contribution < -0.4 is 5.56 Å². The molecule has 7 heteroatoms. The van der Waals surface area contributed by atoms with E-state index in [1.165, 1.54) is 0 Å². The van der Waals surface area contributed by atoms with Gasteiger partial charge in [-0.25, -0.2) is 0 Å². The van der Waals surface area contributed by atoms with Crippen LogP contribution in [0.1, 0.15) is 5.56 Å². The maximum atomic E-state index is 11.9. The first-order valence-corrected chi connectivity index (χ1v) is 6.53. The fraction of sp³-hybridized carbons (Fsp3) is 0.0667. The smallest absolute Gasteiger partial charge is 0.292 e. The van der Waals surface area contributed by atoms with E-state index < -0.39 is 0 Å². The minimum absolute atomic E-state index is 0.198. The number of nitriles is 1. The van der Waals surface area contributed by atoms with Gasteiger partial charge in [-0.05, 0) is 30.3 Å². The van der Waals surface area contributed by atoms with Crippen molar-refractivity contribution in [1.82, 2.24) is 14.8 Å². The number of hydrogen-bond acceptors (Lipinski definition) is 4. The largest absolute Gasteiger partial charge is 0.349 e. The van der Waals surface area contributed by atoms with Gasteiger partial charge in [0.25, 0.3) is 5.56 Å². The predicted octanol–water partition coefficient (Wildman–Crippen LogP) is 3.00. The maximum Gasteiger partial charge on any atom is 0.292 e. The first-order chi connectivity index (χ1) is 10.7. The summed E-state index contributed by atoms with van der Waals surface area (Å²) in [6, 6.07) is 12.5. The van der Waals surface area contributed by atoms with Crippen molar-refractivity contribution in [3.63, 3.8) is 0 Å². The van der Waals surface area contributed by atoms with Gasteiger partial charge < -0.3 is 4.57 Å². The van der Waals surface area contributed by atoms with Gasteiger partial charge in [0.2, 0.25) is 0 Å². The van der Waals surface area contributed by atoms with Gasteiger partial charge in [-0.2, -0.15) is 10.4 Å². The number of benzene rings is 1. The van der Waals surface area contributed by atoms with Crippen molar-refractivity contribution in [1.29, 1.82) is 5.26 Å². The van der Waals surface area contributed by atoms with Crippen molar-refractivity contribution in [2.75, 3.05) is 0 Å². The van der Waals surface area contributed by atoms with Crippen LogP contribution in [0, 0.1) is 11.3 Å². The van der Waals surface area contributed by atoms with Gasteiger partial charge in [0, 0.05) is 13.2 Å². The van der Waals surface area contributed by atoms with Crippen molar-refractivity contribution in [2.24, 2.45) is 17.3 Å². The number of nitrogens with one attached hydrogen (secondary N) is 2. The zero-order chi connectivity index (χ0) is 15.5. The van der Waals surface area contributed by atoms with Crippen LogP contribution in [0.3, 0.4) is 0 Å². The lowest BCUT2D eigenvalue weighted by Crippen LogP contribution is -1.96. The zero-order valence-corrected chi connectivity index (χ0v) is 11.7. The molecule has 0 atom stereocenters. The van der Waals surface area contributed by atoms with E-state index in [1.54, 1.807) is 24.3 Å². The lowest BCUT2D eigenvalue weighted by molar-refractivity contribution is 0.925. The molecule has 0 aliphatic carbocycles. The summed E-state index contributed by atoms with van der Waals surface area (Å²) in [7, 11) is 1.87. The van der Waals surface area contributed by atoms with Crippen molar-refractivity contribution < 1.29 is 0 Å². The Hall–Kier alpha value is -3.40. The molecule has 0 aliphatic heterocycles. The Kier molecular flexibility index (Phi) is 3.42. The topological polar surface area (TPSA) is 102 Å². The summed E-state index contributed by atoms with van der Waals surface area (Å²) in [5.41, 5.74) is 2.23. The van der Waals surface area contributed by atoms with E-state index in [0.29, 0.717) is 16.9 Å². The molecule has 3 aromatic rings. The molecule has 108 valence electrons. The molecule has 0 radical (unpaired) electrons. The average Bonchev–Trinajstić information content (AvgIpc) is 3.11. The Bertz CT molecular complexity index is 937. The molecular weight excluding hydrogens is 280 g/mol. The molecule has 2 aromatic heterocycles. The molecule has 7 nitrogen and oxygen atoms in total. The minimum atomic E-state index is -0.351. The number of H-pyrrole nitrogens is 2. The fourth-order valence-electron chi connectivity index (χ4n) is 2.10. The Balaban J connectivity index is 2.01. The summed E-state index contributed by atoms with van der Waals surface area (Å²) in [4.78, 5) is 11.9. The monoisotopic (exact) mass is 292 g/mol. The van der Waals surface area contributed by atoms with Gasteiger partial charge in [0.1, 0.15) is 5.69 Å². The molecule has 2 heterocycles. The molecule has 0 unspecified atom stereocenters. The average molecular weight is 292 g/mol. The summed E-state index contributed by atoms with van der Waals surface area (Å²) in [6.45, 7) is 0. The predicted molar refractivity (Wildman–Crippen MR) is 81.2 cm³/mol. The molecule has 2 N–H and O–H groups in total. The lowest BCUT2D eigenvalue weighted by atomic mass is 10.2. The second-order valence-electron chi connectivity index (χ2n) is 4.67. The van der Waals surface area contributed by atoms with Gasteiger partial charge >= 0.3 is 0 Å². The Morgan fingerprint density at radius 2 is 2.05 bits per heavy atom. The number of rotatable bonds is 3. The molecule has 3 rings (SSSR count). The van der Waals surface area contributed by atoms with Crippen molar-refractivity contribution >= 4 is 11.4 Å². The quantitative estimate of drug-likeness (QED) is 0.725.